The molecule has 5 heteroatoms. The van der Waals surface area contributed by atoms with E-state index in [1.165, 1.54) is 4.90 Å². The first-order valence-corrected chi connectivity index (χ1v) is 9.07. The molecule has 1 fully saturated rings. The van der Waals surface area contributed by atoms with Gasteiger partial charge in [-0.1, -0.05) is 18.2 Å². The van der Waals surface area contributed by atoms with Crippen LogP contribution in [0.25, 0.3) is 0 Å². The second kappa shape index (κ2) is 6.69. The molecule has 24 heavy (non-hydrogen) atoms. The Bertz CT molecular complexity index is 766. The lowest BCUT2D eigenvalue weighted by atomic mass is 10.1. The molecule has 1 aliphatic rings. The van der Waals surface area contributed by atoms with Crippen LogP contribution in [0.2, 0.25) is 0 Å². The van der Waals surface area contributed by atoms with E-state index in [4.69, 9.17) is 0 Å². The highest BCUT2D eigenvalue weighted by Crippen LogP contribution is 2.30. The second-order valence-corrected chi connectivity index (χ2v) is 6.82. The first kappa shape index (κ1) is 16.6. The molecule has 1 aliphatic heterocycles. The quantitative estimate of drug-likeness (QED) is 0.680. The SMILES string of the molecule is CSc1ccc(N[C@@H]2CC(=O)N(c3c(C)cccc3C)C2=O)cc1. The van der Waals surface area contributed by atoms with Crippen molar-refractivity contribution >= 4 is 35.0 Å². The largest absolute Gasteiger partial charge is 0.373 e. The molecule has 1 heterocycles. The average Bonchev–Trinajstić information content (AvgIpc) is 2.83. The van der Waals surface area contributed by atoms with Gasteiger partial charge >= 0.3 is 0 Å². The third kappa shape index (κ3) is 3.04. The Labute approximate surface area is 146 Å². The van der Waals surface area contributed by atoms with Gasteiger partial charge in [-0.05, 0) is 55.5 Å². The topological polar surface area (TPSA) is 49.4 Å². The monoisotopic (exact) mass is 340 g/mol. The number of amides is 2. The molecule has 0 spiro atoms. The summed E-state index contributed by atoms with van der Waals surface area (Å²) in [6.45, 7) is 3.84. The van der Waals surface area contributed by atoms with Crippen molar-refractivity contribution in [3.8, 4) is 0 Å². The fraction of sp³-hybridized carbons (Fsp3) is 0.263. The van der Waals surface area contributed by atoms with E-state index in [0.29, 0.717) is 0 Å². The van der Waals surface area contributed by atoms with Gasteiger partial charge in [0.15, 0.2) is 0 Å². The van der Waals surface area contributed by atoms with Gasteiger partial charge in [0.05, 0.1) is 12.1 Å². The number of nitrogens with zero attached hydrogens (tertiary/aromatic N) is 1. The number of anilines is 2. The molecule has 0 radical (unpaired) electrons. The van der Waals surface area contributed by atoms with Crippen molar-refractivity contribution < 1.29 is 9.59 Å². The predicted molar refractivity (Wildman–Crippen MR) is 98.7 cm³/mol. The van der Waals surface area contributed by atoms with Crippen molar-refractivity contribution in [2.45, 2.75) is 31.2 Å². The molecule has 1 N–H and O–H groups in total. The molecule has 4 nitrogen and oxygen atoms in total. The number of rotatable bonds is 4. The maximum atomic E-state index is 12.8. The van der Waals surface area contributed by atoms with Crippen molar-refractivity contribution in [3.63, 3.8) is 0 Å². The van der Waals surface area contributed by atoms with Gasteiger partial charge in [0.2, 0.25) is 5.91 Å². The molecule has 3 rings (SSSR count). The number of carbonyl (C=O) groups excluding carboxylic acids is 2. The van der Waals surface area contributed by atoms with Crippen molar-refractivity contribution in [2.75, 3.05) is 16.5 Å². The van der Waals surface area contributed by atoms with E-state index < -0.39 is 6.04 Å². The summed E-state index contributed by atoms with van der Waals surface area (Å²) < 4.78 is 0. The van der Waals surface area contributed by atoms with Gasteiger partial charge in [-0.2, -0.15) is 0 Å². The number of hydrogen-bond donors (Lipinski definition) is 1. The zero-order chi connectivity index (χ0) is 17.3. The summed E-state index contributed by atoms with van der Waals surface area (Å²) in [5.41, 5.74) is 3.43. The van der Waals surface area contributed by atoms with E-state index in [2.05, 4.69) is 5.32 Å². The van der Waals surface area contributed by atoms with Gasteiger partial charge in [-0.15, -0.1) is 11.8 Å². The Hall–Kier alpha value is -2.27. The van der Waals surface area contributed by atoms with E-state index in [0.717, 1.165) is 27.4 Å². The fourth-order valence-corrected chi connectivity index (χ4v) is 3.43. The molecule has 2 aromatic carbocycles. The van der Waals surface area contributed by atoms with Crippen LogP contribution in [0.3, 0.4) is 0 Å². The third-order valence-corrected chi connectivity index (χ3v) is 4.98. The van der Waals surface area contributed by atoms with E-state index in [1.54, 1.807) is 11.8 Å². The number of benzene rings is 2. The Morgan fingerprint density at radius 3 is 2.25 bits per heavy atom. The van der Waals surface area contributed by atoms with E-state index in [1.807, 2.05) is 62.6 Å². The molecule has 2 amide bonds. The lowest BCUT2D eigenvalue weighted by Crippen LogP contribution is -2.35. The van der Waals surface area contributed by atoms with Gasteiger partial charge in [0.1, 0.15) is 6.04 Å². The summed E-state index contributed by atoms with van der Waals surface area (Å²) in [5.74, 6) is -0.345. The Morgan fingerprint density at radius 2 is 1.67 bits per heavy atom. The molecular formula is C19H20N2O2S. The first-order valence-electron chi connectivity index (χ1n) is 7.85. The zero-order valence-corrected chi connectivity index (χ0v) is 14.8. The fourth-order valence-electron chi connectivity index (χ4n) is 3.03. The number of nitrogens with one attached hydrogen (secondary N) is 1. The Kier molecular flexibility index (Phi) is 4.62. The molecule has 1 atom stereocenters. The molecule has 0 aromatic heterocycles. The Balaban J connectivity index is 1.83. The minimum atomic E-state index is -0.517. The number of hydrogen-bond acceptors (Lipinski definition) is 4. The maximum absolute atomic E-state index is 12.8. The number of aryl methyl sites for hydroxylation is 2. The number of para-hydroxylation sites is 1. The van der Waals surface area contributed by atoms with Crippen molar-refractivity contribution in [1.82, 2.24) is 0 Å². The van der Waals surface area contributed by atoms with Crippen molar-refractivity contribution in [2.24, 2.45) is 0 Å². The minimum absolute atomic E-state index is 0.157. The van der Waals surface area contributed by atoms with Gasteiger partial charge < -0.3 is 5.32 Å². The molecule has 2 aromatic rings. The highest BCUT2D eigenvalue weighted by Gasteiger charge is 2.40. The van der Waals surface area contributed by atoms with Crippen LogP contribution >= 0.6 is 11.8 Å². The summed E-state index contributed by atoms with van der Waals surface area (Å²) in [7, 11) is 0. The van der Waals surface area contributed by atoms with E-state index >= 15 is 0 Å². The highest BCUT2D eigenvalue weighted by atomic mass is 32.2. The van der Waals surface area contributed by atoms with Crippen LogP contribution in [0.5, 0.6) is 0 Å². The van der Waals surface area contributed by atoms with Crippen LogP contribution in [0.1, 0.15) is 17.5 Å². The van der Waals surface area contributed by atoms with Crippen LogP contribution < -0.4 is 10.2 Å². The Morgan fingerprint density at radius 1 is 1.04 bits per heavy atom. The molecule has 0 bridgehead atoms. The van der Waals surface area contributed by atoms with Crippen LogP contribution in [-0.2, 0) is 9.59 Å². The smallest absolute Gasteiger partial charge is 0.256 e. The average molecular weight is 340 g/mol. The van der Waals surface area contributed by atoms with Crippen molar-refractivity contribution in [1.29, 1.82) is 0 Å². The third-order valence-electron chi connectivity index (χ3n) is 4.24. The van der Waals surface area contributed by atoms with Crippen LogP contribution in [-0.4, -0.2) is 24.1 Å². The van der Waals surface area contributed by atoms with Crippen LogP contribution in [0.4, 0.5) is 11.4 Å². The number of imide groups is 1. The van der Waals surface area contributed by atoms with Gasteiger partial charge in [0.25, 0.3) is 5.91 Å². The van der Waals surface area contributed by atoms with E-state index in [9.17, 15) is 9.59 Å². The molecule has 0 saturated carbocycles. The normalized spacial score (nSPS) is 17.5. The number of thioether (sulfide) groups is 1. The van der Waals surface area contributed by atoms with E-state index in [-0.39, 0.29) is 18.2 Å². The lowest BCUT2D eigenvalue weighted by Gasteiger charge is -2.20. The molecular weight excluding hydrogens is 320 g/mol. The van der Waals surface area contributed by atoms with Crippen LogP contribution in [0, 0.1) is 13.8 Å². The summed E-state index contributed by atoms with van der Waals surface area (Å²) >= 11 is 1.66. The molecule has 0 unspecified atom stereocenters. The summed E-state index contributed by atoms with van der Waals surface area (Å²) in [4.78, 5) is 27.7. The van der Waals surface area contributed by atoms with Crippen LogP contribution in [0.15, 0.2) is 47.4 Å². The zero-order valence-electron chi connectivity index (χ0n) is 14.0. The lowest BCUT2D eigenvalue weighted by molar-refractivity contribution is -0.121. The minimum Gasteiger partial charge on any atom is -0.373 e. The summed E-state index contributed by atoms with van der Waals surface area (Å²) in [6.07, 6.45) is 2.20. The van der Waals surface area contributed by atoms with Gasteiger partial charge in [-0.3, -0.25) is 9.59 Å². The van der Waals surface area contributed by atoms with Gasteiger partial charge in [0, 0.05) is 10.6 Å². The molecule has 0 aliphatic carbocycles. The van der Waals surface area contributed by atoms with Gasteiger partial charge in [-0.25, -0.2) is 4.90 Å². The summed E-state index contributed by atoms with van der Waals surface area (Å²) in [5, 5.41) is 3.19. The standard InChI is InChI=1S/C19H20N2O2S/c1-12-5-4-6-13(2)18(12)21-17(22)11-16(19(21)23)20-14-7-9-15(24-3)10-8-14/h4-10,16,20H,11H2,1-3H3/t16-/m1/s1. The van der Waals surface area contributed by atoms with Crippen molar-refractivity contribution in [3.05, 3.63) is 53.6 Å². The predicted octanol–water partition coefficient (Wildman–Crippen LogP) is 3.77. The highest BCUT2D eigenvalue weighted by molar-refractivity contribution is 7.98. The molecule has 1 saturated heterocycles. The summed E-state index contributed by atoms with van der Waals surface area (Å²) in [6, 6.07) is 13.1. The first-order chi connectivity index (χ1) is 11.5. The maximum Gasteiger partial charge on any atom is 0.256 e. The second-order valence-electron chi connectivity index (χ2n) is 5.94. The number of carbonyl (C=O) groups is 2. The molecule has 124 valence electrons.